The molecule has 0 amide bonds. The largest absolute Gasteiger partial charge is 0.491 e. The number of imidazole rings is 1. The predicted molar refractivity (Wildman–Crippen MR) is 421 cm³/mol. The summed E-state index contributed by atoms with van der Waals surface area (Å²) in [6, 6.07) is 56.3. The molecule has 23 nitrogen and oxygen atoms in total. The Labute approximate surface area is 642 Å². The van der Waals surface area contributed by atoms with Crippen molar-refractivity contribution in [3.05, 3.63) is 306 Å². The van der Waals surface area contributed by atoms with Crippen molar-refractivity contribution < 1.29 is 64.8 Å². The zero-order chi connectivity index (χ0) is 78.7. The number of benzene rings is 8. The highest BCUT2D eigenvalue weighted by Crippen LogP contribution is 2.29. The number of anilines is 12. The Kier molecular flexibility index (Phi) is 30.7. The Balaban J connectivity index is 0.000000178. The van der Waals surface area contributed by atoms with Crippen molar-refractivity contribution in [1.29, 1.82) is 0 Å². The molecule has 0 aliphatic rings. The van der Waals surface area contributed by atoms with Crippen LogP contribution in [-0.4, -0.2) is 118 Å². The monoisotopic (exact) mass is 1520 g/mol. The number of halogens is 5. The van der Waals surface area contributed by atoms with E-state index in [0.29, 0.717) is 66.4 Å². The molecule has 0 saturated carbocycles. The lowest BCUT2D eigenvalue weighted by Gasteiger charge is -2.11. The molecule has 12 rings (SSSR count). The van der Waals surface area contributed by atoms with E-state index in [1.54, 1.807) is 129 Å². The van der Waals surface area contributed by atoms with Crippen molar-refractivity contribution >= 4 is 105 Å². The van der Waals surface area contributed by atoms with Gasteiger partial charge < -0.3 is 65.3 Å². The first-order valence-corrected chi connectivity index (χ1v) is 34.8. The number of allylic oxidation sites excluding steroid dienone is 3. The summed E-state index contributed by atoms with van der Waals surface area (Å²) in [6.07, 6.45) is 16.8. The fourth-order valence-electron chi connectivity index (χ4n) is 10.1. The lowest BCUT2D eigenvalue weighted by atomic mass is 10.1. The first-order valence-electron chi connectivity index (χ1n) is 34.8. The zero-order valence-electron chi connectivity index (χ0n) is 60.9. The Morgan fingerprint density at radius 2 is 0.750 bits per heavy atom. The van der Waals surface area contributed by atoms with E-state index < -0.39 is 29.1 Å². The Morgan fingerprint density at radius 3 is 1.18 bits per heavy atom. The van der Waals surface area contributed by atoms with Crippen LogP contribution in [0.5, 0.6) is 17.2 Å². The average Bonchev–Trinajstić information content (AvgIpc) is 0.881. The molecule has 0 aliphatic carbocycles. The highest BCUT2D eigenvalue weighted by molar-refractivity contribution is 5.96. The first-order chi connectivity index (χ1) is 54.6. The Morgan fingerprint density at radius 1 is 0.366 bits per heavy atom. The quantitative estimate of drug-likeness (QED) is 0.0109. The molecule has 0 unspecified atom stereocenters. The molecule has 8 aromatic carbocycles. The summed E-state index contributed by atoms with van der Waals surface area (Å²) in [4.78, 5) is 68.2. The van der Waals surface area contributed by atoms with Crippen LogP contribution in [0.25, 0.3) is 18.2 Å². The van der Waals surface area contributed by atoms with Gasteiger partial charge in [-0.05, 0) is 137 Å². The van der Waals surface area contributed by atoms with E-state index in [2.05, 4.69) is 71.8 Å². The minimum atomic E-state index is -0.666. The lowest BCUT2D eigenvalue weighted by Crippen LogP contribution is -2.06. The van der Waals surface area contributed by atoms with Crippen molar-refractivity contribution in [3.8, 4) is 17.2 Å². The average molecular weight is 1520 g/mol. The number of nitrogens with one attached hydrogen (secondary N) is 7. The summed E-state index contributed by atoms with van der Waals surface area (Å²) < 4.78 is 103. The van der Waals surface area contributed by atoms with E-state index in [1.165, 1.54) is 44.6 Å². The van der Waals surface area contributed by atoms with Gasteiger partial charge in [0.05, 0.1) is 38.4 Å². The highest BCUT2D eigenvalue weighted by Gasteiger charge is 2.16. The van der Waals surface area contributed by atoms with Crippen LogP contribution >= 0.6 is 0 Å². The van der Waals surface area contributed by atoms with Gasteiger partial charge in [0.1, 0.15) is 31.4 Å². The van der Waals surface area contributed by atoms with E-state index in [9.17, 15) is 36.3 Å². The van der Waals surface area contributed by atoms with Crippen LogP contribution in [-0.2, 0) is 47.9 Å². The normalized spacial score (nSPS) is 10.9. The van der Waals surface area contributed by atoms with Crippen LogP contribution in [0, 0.1) is 29.1 Å². The van der Waals surface area contributed by atoms with Crippen molar-refractivity contribution in [2.75, 3.05) is 92.9 Å². The van der Waals surface area contributed by atoms with Crippen LogP contribution in [0.1, 0.15) is 33.6 Å². The van der Waals surface area contributed by atoms with E-state index in [0.717, 1.165) is 52.1 Å². The second-order valence-corrected chi connectivity index (χ2v) is 24.1. The van der Waals surface area contributed by atoms with Crippen LogP contribution < -0.4 is 46.1 Å². The van der Waals surface area contributed by atoms with Gasteiger partial charge in [-0.25, -0.2) is 41.9 Å². The predicted octanol–water partition coefficient (Wildman–Crippen LogP) is 16.9. The van der Waals surface area contributed by atoms with Gasteiger partial charge in [0.25, 0.3) is 0 Å². The maximum atomic E-state index is 14.5. The summed E-state index contributed by atoms with van der Waals surface area (Å²) >= 11 is 0. The minimum Gasteiger partial charge on any atom is -0.491 e. The number of ketones is 3. The molecular weight excluding hydrogens is 1440 g/mol. The SMILES string of the molecule is COCCOc1ccc(Nc2ncc(F)c(Nc3ccc(CC(=O)/C=C/c4ccccc4)cc3)n2)cc1F.COCCOc1ccc(Nc2ncc(F)c(Nc3ccc(CC(=O)/C=C/c4ncc[nH]4)cc3)n2)cc1F.COCCOc1ccc(Nc2ncc(F)c(Nc3cccc(CC(=O)/C=C/c4ccccc4)c3)n2)cc1. The summed E-state index contributed by atoms with van der Waals surface area (Å²) in [5, 5.41) is 17.5. The molecule has 0 fully saturated rings. The van der Waals surface area contributed by atoms with E-state index >= 15 is 0 Å². The van der Waals surface area contributed by atoms with Gasteiger partial charge in [-0.2, -0.15) is 15.0 Å². The molecule has 0 spiro atoms. The molecule has 28 heteroatoms. The zero-order valence-corrected chi connectivity index (χ0v) is 60.9. The maximum Gasteiger partial charge on any atom is 0.229 e. The van der Waals surface area contributed by atoms with Gasteiger partial charge in [-0.1, -0.05) is 109 Å². The van der Waals surface area contributed by atoms with Gasteiger partial charge >= 0.3 is 0 Å². The number of carbonyl (C=O) groups is 3. The van der Waals surface area contributed by atoms with Gasteiger partial charge in [-0.3, -0.25) is 14.4 Å². The van der Waals surface area contributed by atoms with E-state index in [4.69, 9.17) is 28.4 Å². The van der Waals surface area contributed by atoms with Gasteiger partial charge in [0.2, 0.25) is 17.8 Å². The third kappa shape index (κ3) is 26.8. The topological polar surface area (TPSA) is 285 Å². The number of aromatic amines is 1. The minimum absolute atomic E-state index is 0.0180. The Hall–Kier alpha value is -13.8. The molecule has 7 N–H and O–H groups in total. The van der Waals surface area contributed by atoms with Crippen LogP contribution in [0.4, 0.5) is 91.4 Å². The van der Waals surface area contributed by atoms with Crippen LogP contribution in [0.3, 0.4) is 0 Å². The number of carbonyl (C=O) groups excluding carboxylic acids is 3. The number of hydrogen-bond acceptors (Lipinski definition) is 22. The third-order valence-electron chi connectivity index (χ3n) is 15.6. The molecular formula is C84H77F5N14O9. The molecule has 0 aliphatic heterocycles. The summed E-state index contributed by atoms with van der Waals surface area (Å²) in [5.41, 5.74) is 7.53. The third-order valence-corrected chi connectivity index (χ3v) is 15.6. The summed E-state index contributed by atoms with van der Waals surface area (Å²) in [7, 11) is 4.68. The molecule has 4 heterocycles. The van der Waals surface area contributed by atoms with Crippen molar-refractivity contribution in [3.63, 3.8) is 0 Å². The molecule has 12 aromatic rings. The van der Waals surface area contributed by atoms with Crippen LogP contribution in [0.2, 0.25) is 0 Å². The number of hydrogen-bond donors (Lipinski definition) is 7. The molecule has 0 atom stereocenters. The maximum absolute atomic E-state index is 14.5. The van der Waals surface area contributed by atoms with Gasteiger partial charge in [0.15, 0.2) is 75.4 Å². The first kappa shape index (κ1) is 80.7. The molecule has 4 aromatic heterocycles. The molecule has 0 radical (unpaired) electrons. The Bertz CT molecular complexity index is 5110. The molecule has 0 bridgehead atoms. The molecule has 572 valence electrons. The second-order valence-electron chi connectivity index (χ2n) is 24.1. The lowest BCUT2D eigenvalue weighted by molar-refractivity contribution is -0.114. The van der Waals surface area contributed by atoms with Crippen molar-refractivity contribution in [2.45, 2.75) is 19.3 Å². The number of aromatic nitrogens is 8. The summed E-state index contributed by atoms with van der Waals surface area (Å²) in [6.45, 7) is 2.08. The standard InChI is InChI=1S/C29H26F2N4O3.C29H27FN4O3.C26H24F2N6O3/c1-37-15-16-38-27-14-12-23(18-25(27)30)34-29-32-19-26(31)28(35-29)33-22-10-7-21(8-11-22)17-24(36)13-9-20-5-3-2-4-6-20;1-36-16-17-37-26-14-11-23(12-15-26)33-29-31-20-27(30)28(34-29)32-24-9-5-8-22(18-24)19-25(35)13-10-21-6-3-2-4-7-21;1-36-12-13-37-23-8-6-19(15-21(23)27)33-26-31-16-22(28)25(34-26)32-18-4-2-17(3-5-18)14-20(35)7-9-24-29-10-11-30-24/h2-14,18-19H,15-17H2,1H3,(H2,32,33,34,35);2-15,18,20H,16-17,19H2,1H3,(H2,31,32,33,34);2-11,15-16H,12-14H2,1H3,(H,29,30)(H2,31,32,33,34)/b13-9+;13-10+;9-7+. The van der Waals surface area contributed by atoms with Gasteiger partial charge in [-0.15, -0.1) is 0 Å². The molecule has 0 saturated heterocycles. The fourth-order valence-corrected chi connectivity index (χ4v) is 10.1. The van der Waals surface area contributed by atoms with E-state index in [1.807, 2.05) is 91.0 Å². The van der Waals surface area contributed by atoms with Crippen molar-refractivity contribution in [2.24, 2.45) is 0 Å². The van der Waals surface area contributed by atoms with Crippen LogP contribution in [0.15, 0.2) is 243 Å². The van der Waals surface area contributed by atoms with E-state index in [-0.39, 0.29) is 96.6 Å². The smallest absolute Gasteiger partial charge is 0.229 e. The summed E-state index contributed by atoms with van der Waals surface area (Å²) in [5.74, 6) is -1.45. The number of ether oxygens (including phenoxy) is 6. The van der Waals surface area contributed by atoms with Gasteiger partial charge in [0, 0.05) is 99.2 Å². The van der Waals surface area contributed by atoms with Crippen molar-refractivity contribution in [1.82, 2.24) is 39.9 Å². The number of rotatable bonds is 36. The highest BCUT2D eigenvalue weighted by atomic mass is 19.1. The molecule has 112 heavy (non-hydrogen) atoms. The number of H-pyrrole nitrogens is 1. The fraction of sp³-hybridized carbons (Fsp3) is 0.143. The second kappa shape index (κ2) is 42.6. The number of methoxy groups -OCH3 is 3. The number of nitrogens with zero attached hydrogens (tertiary/aromatic N) is 7.